The summed E-state index contributed by atoms with van der Waals surface area (Å²) in [4.78, 5) is 2.42. The third-order valence-corrected chi connectivity index (χ3v) is 3.34. The molecule has 0 aromatic heterocycles. The zero-order valence-electron chi connectivity index (χ0n) is 12.1. The lowest BCUT2D eigenvalue weighted by molar-refractivity contribution is -0.00616. The quantitative estimate of drug-likeness (QED) is 0.740. The normalized spacial score (nSPS) is 22.1. The molecule has 1 heterocycles. The molecule has 0 radical (unpaired) electrons. The molecule has 0 bridgehead atoms. The van der Waals surface area contributed by atoms with Crippen LogP contribution in [0.25, 0.3) is 0 Å². The van der Waals surface area contributed by atoms with Crippen LogP contribution in [0.15, 0.2) is 0 Å². The van der Waals surface area contributed by atoms with Crippen molar-refractivity contribution in [1.29, 1.82) is 0 Å². The number of rotatable bonds is 7. The average molecular weight is 242 g/mol. The van der Waals surface area contributed by atoms with Gasteiger partial charge in [0.15, 0.2) is 0 Å². The van der Waals surface area contributed by atoms with Crippen LogP contribution in [-0.2, 0) is 4.74 Å². The molecule has 1 saturated heterocycles. The monoisotopic (exact) mass is 242 g/mol. The van der Waals surface area contributed by atoms with Crippen molar-refractivity contribution in [2.24, 2.45) is 5.41 Å². The molecule has 1 fully saturated rings. The summed E-state index contributed by atoms with van der Waals surface area (Å²) in [5, 5.41) is 3.44. The van der Waals surface area contributed by atoms with Gasteiger partial charge in [0.25, 0.3) is 0 Å². The van der Waals surface area contributed by atoms with E-state index in [1.54, 1.807) is 0 Å². The van der Waals surface area contributed by atoms with Crippen LogP contribution in [0.2, 0.25) is 0 Å². The van der Waals surface area contributed by atoms with Crippen LogP contribution in [0.1, 0.15) is 40.0 Å². The molecular weight excluding hydrogens is 212 g/mol. The number of hydrogen-bond donors (Lipinski definition) is 1. The van der Waals surface area contributed by atoms with E-state index in [2.05, 4.69) is 38.0 Å². The summed E-state index contributed by atoms with van der Waals surface area (Å²) in [5.74, 6) is 0. The van der Waals surface area contributed by atoms with Crippen LogP contribution < -0.4 is 5.32 Å². The molecule has 0 aliphatic carbocycles. The third-order valence-electron chi connectivity index (χ3n) is 3.34. The summed E-state index contributed by atoms with van der Waals surface area (Å²) < 4.78 is 5.79. The Balaban J connectivity index is 2.24. The zero-order valence-corrected chi connectivity index (χ0v) is 12.1. The smallest absolute Gasteiger partial charge is 0.0701 e. The molecule has 1 atom stereocenters. The van der Waals surface area contributed by atoms with Gasteiger partial charge in [0.2, 0.25) is 0 Å². The second-order valence-corrected chi connectivity index (χ2v) is 6.13. The molecule has 3 heteroatoms. The Labute approximate surface area is 107 Å². The Morgan fingerprint density at radius 2 is 2.12 bits per heavy atom. The number of nitrogens with zero attached hydrogens (tertiary/aromatic N) is 1. The van der Waals surface area contributed by atoms with Crippen LogP contribution in [-0.4, -0.2) is 50.8 Å². The molecule has 1 unspecified atom stereocenters. The van der Waals surface area contributed by atoms with Gasteiger partial charge in [-0.1, -0.05) is 20.8 Å². The van der Waals surface area contributed by atoms with Gasteiger partial charge in [-0.25, -0.2) is 0 Å². The van der Waals surface area contributed by atoms with Crippen LogP contribution in [0.5, 0.6) is 0 Å². The van der Waals surface area contributed by atoms with Gasteiger partial charge in [-0.3, -0.25) is 0 Å². The minimum absolute atomic E-state index is 0.333. The second-order valence-electron chi connectivity index (χ2n) is 6.13. The summed E-state index contributed by atoms with van der Waals surface area (Å²) in [6, 6.07) is 0. The first-order valence-electron chi connectivity index (χ1n) is 7.04. The Morgan fingerprint density at radius 1 is 1.35 bits per heavy atom. The van der Waals surface area contributed by atoms with E-state index in [1.165, 1.54) is 19.3 Å². The maximum atomic E-state index is 5.79. The van der Waals surface area contributed by atoms with Crippen molar-refractivity contribution in [1.82, 2.24) is 10.2 Å². The molecule has 102 valence electrons. The van der Waals surface area contributed by atoms with Crippen molar-refractivity contribution in [3.63, 3.8) is 0 Å². The van der Waals surface area contributed by atoms with Crippen molar-refractivity contribution in [3.05, 3.63) is 0 Å². The van der Waals surface area contributed by atoms with Crippen molar-refractivity contribution >= 4 is 0 Å². The summed E-state index contributed by atoms with van der Waals surface area (Å²) in [6.45, 7) is 12.1. The lowest BCUT2D eigenvalue weighted by Crippen LogP contribution is -2.42. The fraction of sp³-hybridized carbons (Fsp3) is 1.00. The molecule has 0 saturated carbocycles. The predicted octanol–water partition coefficient (Wildman–Crippen LogP) is 2.12. The predicted molar refractivity (Wildman–Crippen MR) is 73.4 cm³/mol. The molecule has 1 rings (SSSR count). The van der Waals surface area contributed by atoms with E-state index < -0.39 is 0 Å². The van der Waals surface area contributed by atoms with E-state index >= 15 is 0 Å². The second kappa shape index (κ2) is 7.34. The largest absolute Gasteiger partial charge is 0.377 e. The van der Waals surface area contributed by atoms with Gasteiger partial charge in [-0.15, -0.1) is 0 Å². The molecular formula is C14H30N2O. The van der Waals surface area contributed by atoms with E-state index in [0.29, 0.717) is 11.5 Å². The minimum atomic E-state index is 0.333. The lowest BCUT2D eigenvalue weighted by atomic mass is 9.92. The van der Waals surface area contributed by atoms with Gasteiger partial charge in [-0.05, 0) is 38.3 Å². The van der Waals surface area contributed by atoms with Crippen LogP contribution in [0.4, 0.5) is 0 Å². The zero-order chi connectivity index (χ0) is 12.7. The first-order valence-corrected chi connectivity index (χ1v) is 7.04. The third kappa shape index (κ3) is 6.39. The van der Waals surface area contributed by atoms with Gasteiger partial charge < -0.3 is 15.0 Å². The summed E-state index contributed by atoms with van der Waals surface area (Å²) in [5.41, 5.74) is 0.333. The van der Waals surface area contributed by atoms with Crippen molar-refractivity contribution < 1.29 is 4.74 Å². The number of hydrogen-bond acceptors (Lipinski definition) is 3. The topological polar surface area (TPSA) is 24.5 Å². The van der Waals surface area contributed by atoms with Crippen molar-refractivity contribution in [2.75, 3.05) is 39.8 Å². The fourth-order valence-electron chi connectivity index (χ4n) is 2.61. The van der Waals surface area contributed by atoms with Gasteiger partial charge in [0.05, 0.1) is 6.10 Å². The number of nitrogens with one attached hydrogen (secondary N) is 1. The van der Waals surface area contributed by atoms with E-state index in [-0.39, 0.29) is 0 Å². The van der Waals surface area contributed by atoms with E-state index in [1.807, 2.05) is 0 Å². The molecule has 1 aliphatic rings. The van der Waals surface area contributed by atoms with Gasteiger partial charge in [-0.2, -0.15) is 0 Å². The molecule has 0 aromatic carbocycles. The van der Waals surface area contributed by atoms with E-state index in [9.17, 15) is 0 Å². The van der Waals surface area contributed by atoms with Gasteiger partial charge in [0, 0.05) is 26.2 Å². The highest BCUT2D eigenvalue weighted by Crippen LogP contribution is 2.18. The Kier molecular flexibility index (Phi) is 6.45. The molecule has 17 heavy (non-hydrogen) atoms. The molecule has 0 amide bonds. The first-order chi connectivity index (χ1) is 8.03. The molecule has 1 aliphatic heterocycles. The number of ether oxygens (including phenoxy) is 1. The highest BCUT2D eigenvalue weighted by Gasteiger charge is 2.22. The molecule has 1 N–H and O–H groups in total. The fourth-order valence-corrected chi connectivity index (χ4v) is 2.61. The average Bonchev–Trinajstić information content (AvgIpc) is 2.27. The maximum absolute atomic E-state index is 5.79. The van der Waals surface area contributed by atoms with E-state index in [0.717, 1.165) is 32.8 Å². The highest BCUT2D eigenvalue weighted by atomic mass is 16.5. The summed E-state index contributed by atoms with van der Waals surface area (Å²) in [7, 11) is 2.21. The molecule has 0 spiro atoms. The summed E-state index contributed by atoms with van der Waals surface area (Å²) >= 11 is 0. The standard InChI is InChI=1S/C14H30N2O/c1-5-15-11-14(2,3)12-16(4)10-13-8-6-7-9-17-13/h13,15H,5-12H2,1-4H3. The maximum Gasteiger partial charge on any atom is 0.0701 e. The first kappa shape index (κ1) is 14.9. The van der Waals surface area contributed by atoms with Gasteiger partial charge >= 0.3 is 0 Å². The van der Waals surface area contributed by atoms with Crippen LogP contribution in [0, 0.1) is 5.41 Å². The number of likely N-dealkylation sites (N-methyl/N-ethyl adjacent to an activating group) is 1. The molecule has 0 aromatic rings. The Morgan fingerprint density at radius 3 is 2.71 bits per heavy atom. The minimum Gasteiger partial charge on any atom is -0.377 e. The lowest BCUT2D eigenvalue weighted by Gasteiger charge is -2.33. The summed E-state index contributed by atoms with van der Waals surface area (Å²) in [6.07, 6.45) is 4.27. The highest BCUT2D eigenvalue weighted by molar-refractivity contribution is 4.77. The van der Waals surface area contributed by atoms with Crippen molar-refractivity contribution in [2.45, 2.75) is 46.1 Å². The molecule has 3 nitrogen and oxygen atoms in total. The Hall–Kier alpha value is -0.120. The van der Waals surface area contributed by atoms with Crippen LogP contribution in [0.3, 0.4) is 0 Å². The van der Waals surface area contributed by atoms with Gasteiger partial charge in [0.1, 0.15) is 0 Å². The van der Waals surface area contributed by atoms with E-state index in [4.69, 9.17) is 4.74 Å². The Bertz CT molecular complexity index is 200. The van der Waals surface area contributed by atoms with Crippen molar-refractivity contribution in [3.8, 4) is 0 Å². The van der Waals surface area contributed by atoms with Crippen LogP contribution >= 0.6 is 0 Å². The SMILES string of the molecule is CCNCC(C)(C)CN(C)CC1CCCCO1.